The van der Waals surface area contributed by atoms with E-state index in [0.29, 0.717) is 10.2 Å². The molecule has 1 atom stereocenters. The van der Waals surface area contributed by atoms with E-state index in [4.69, 9.17) is 0 Å². The van der Waals surface area contributed by atoms with Crippen molar-refractivity contribution in [3.8, 4) is 5.69 Å². The smallest absolute Gasteiger partial charge is 0.747 e. The van der Waals surface area contributed by atoms with Gasteiger partial charge in [0.1, 0.15) is 20.4 Å². The second-order valence-electron chi connectivity index (χ2n) is 7.38. The number of tetrazole rings is 1. The Labute approximate surface area is 241 Å². The third-order valence-electron chi connectivity index (χ3n) is 4.85. The van der Waals surface area contributed by atoms with E-state index >= 15 is 0 Å². The number of carbonyl (C=O) groups excluding carboxylic acids is 4. The Hall–Kier alpha value is -3.22. The first-order valence-corrected chi connectivity index (χ1v) is 12.7. The normalized spacial score (nSPS) is 15.2. The number of hydrogen-bond acceptors (Lipinski definition) is 13. The summed E-state index contributed by atoms with van der Waals surface area (Å²) in [6.45, 7) is -0.223. The van der Waals surface area contributed by atoms with Gasteiger partial charge in [-0.05, 0) is 46.5 Å². The van der Waals surface area contributed by atoms with Gasteiger partial charge >= 0.3 is 35.5 Å². The maximum Gasteiger partial charge on any atom is 1.00 e. The number of amides is 3. The van der Waals surface area contributed by atoms with Gasteiger partial charge in [0.05, 0.1) is 24.1 Å². The summed E-state index contributed by atoms with van der Waals surface area (Å²) in [6, 6.07) is 12.3. The molecular weight excluding hydrogens is 553 g/mol. The molecule has 0 aliphatic carbocycles. The molecule has 1 N–H and O–H groups in total. The second kappa shape index (κ2) is 12.5. The summed E-state index contributed by atoms with van der Waals surface area (Å²) in [7, 11) is -5.07. The number of nitrogens with one attached hydrogen (secondary N) is 1. The molecule has 18 heteroatoms. The van der Waals surface area contributed by atoms with Gasteiger partial charge in [0.2, 0.25) is 5.16 Å². The molecule has 1 unspecified atom stereocenters. The number of aromatic nitrogens is 5. The van der Waals surface area contributed by atoms with E-state index in [1.165, 1.54) is 28.7 Å². The summed E-state index contributed by atoms with van der Waals surface area (Å²) >= 11 is 1.18. The van der Waals surface area contributed by atoms with Gasteiger partial charge in [-0.25, -0.2) is 18.2 Å². The fourth-order valence-corrected chi connectivity index (χ4v) is 4.50. The van der Waals surface area contributed by atoms with Crippen LogP contribution >= 0.6 is 11.8 Å². The van der Waals surface area contributed by atoms with E-state index in [2.05, 4.69) is 30.7 Å². The van der Waals surface area contributed by atoms with E-state index in [0.717, 1.165) is 5.69 Å². The number of imide groups is 1. The van der Waals surface area contributed by atoms with Crippen molar-refractivity contribution in [2.45, 2.75) is 28.3 Å². The van der Waals surface area contributed by atoms with Gasteiger partial charge in [0.25, 0.3) is 17.7 Å². The molecule has 192 valence electrons. The standard InChI is InChI=1S/C20H17N7O8S2.Na/c28-16-10-14(37(32,33)34)19(31)27(16)35-17(29)8-9-21-18(30)12-6-7-15(22-11-12)36-20-23-24-25-26(20)13-4-2-1-3-5-13;/h1-7,11,14H,8-10H2,(H,21,30)(H,32,33,34);/q;+1/p-1. The molecule has 38 heavy (non-hydrogen) atoms. The van der Waals surface area contributed by atoms with E-state index in [1.807, 2.05) is 30.3 Å². The number of benzene rings is 1. The average molecular weight is 570 g/mol. The Bertz CT molecular complexity index is 1450. The molecule has 0 radical (unpaired) electrons. The molecule has 3 amide bonds. The van der Waals surface area contributed by atoms with Gasteiger partial charge in [-0.3, -0.25) is 14.4 Å². The summed E-state index contributed by atoms with van der Waals surface area (Å²) in [6.07, 6.45) is -0.0318. The van der Waals surface area contributed by atoms with Crippen molar-refractivity contribution in [1.82, 2.24) is 35.6 Å². The Morgan fingerprint density at radius 1 is 1.16 bits per heavy atom. The molecular formula is C20H16N7NaO8S2. The van der Waals surface area contributed by atoms with Gasteiger partial charge in [-0.1, -0.05) is 18.2 Å². The van der Waals surface area contributed by atoms with E-state index in [9.17, 15) is 32.1 Å². The van der Waals surface area contributed by atoms with Crippen LogP contribution in [0, 0.1) is 0 Å². The van der Waals surface area contributed by atoms with Gasteiger partial charge < -0.3 is 14.7 Å². The van der Waals surface area contributed by atoms with Crippen LogP contribution in [0.5, 0.6) is 0 Å². The van der Waals surface area contributed by atoms with Crippen LogP contribution in [-0.2, 0) is 29.3 Å². The molecule has 1 aromatic carbocycles. The van der Waals surface area contributed by atoms with Crippen LogP contribution in [0.1, 0.15) is 23.2 Å². The van der Waals surface area contributed by atoms with Gasteiger partial charge in [0.15, 0.2) is 0 Å². The van der Waals surface area contributed by atoms with Gasteiger partial charge in [-0.15, -0.1) is 10.2 Å². The molecule has 2 aromatic heterocycles. The zero-order valence-corrected chi connectivity index (χ0v) is 23.2. The summed E-state index contributed by atoms with van der Waals surface area (Å²) in [5.74, 6) is -4.21. The average Bonchev–Trinajstić information content (AvgIpc) is 3.44. The zero-order chi connectivity index (χ0) is 26.6. The van der Waals surface area contributed by atoms with E-state index in [-0.39, 0.29) is 46.7 Å². The summed E-state index contributed by atoms with van der Waals surface area (Å²) in [5, 5.41) is 12.9. The van der Waals surface area contributed by atoms with Gasteiger partial charge in [-0.2, -0.15) is 4.68 Å². The quantitative estimate of drug-likeness (QED) is 0.151. The minimum Gasteiger partial charge on any atom is -0.747 e. The number of pyridine rings is 1. The third-order valence-corrected chi connectivity index (χ3v) is 6.81. The third kappa shape index (κ3) is 7.00. The first-order valence-electron chi connectivity index (χ1n) is 10.4. The molecule has 4 rings (SSSR count). The van der Waals surface area contributed by atoms with Crippen molar-refractivity contribution in [2.24, 2.45) is 0 Å². The SMILES string of the molecule is O=C(CCNC(=O)c1ccc(Sc2nnnn2-c2ccccc2)nc1)ON1C(=O)CC(S(=O)(=O)[O-])C1=O.[Na+]. The van der Waals surface area contributed by atoms with Crippen molar-refractivity contribution < 1.29 is 66.5 Å². The maximum absolute atomic E-state index is 12.3. The molecule has 0 spiro atoms. The van der Waals surface area contributed by atoms with Crippen molar-refractivity contribution in [3.05, 3.63) is 54.2 Å². The Morgan fingerprint density at radius 2 is 1.89 bits per heavy atom. The number of carbonyl (C=O) groups is 4. The summed E-state index contributed by atoms with van der Waals surface area (Å²) in [5.41, 5.74) is 0.951. The molecule has 1 saturated heterocycles. The molecule has 1 aliphatic heterocycles. The van der Waals surface area contributed by atoms with Crippen LogP contribution in [0.2, 0.25) is 0 Å². The number of hydrogen-bond donors (Lipinski definition) is 1. The Kier molecular flexibility index (Phi) is 9.69. The first-order chi connectivity index (χ1) is 17.6. The first kappa shape index (κ1) is 29.3. The van der Waals surface area contributed by atoms with Crippen molar-refractivity contribution >= 4 is 45.6 Å². The number of nitrogens with zero attached hydrogens (tertiary/aromatic N) is 6. The van der Waals surface area contributed by atoms with Crippen molar-refractivity contribution in [1.29, 1.82) is 0 Å². The number of hydroxylamine groups is 2. The minimum atomic E-state index is -5.07. The molecule has 1 aliphatic rings. The van der Waals surface area contributed by atoms with Crippen LogP contribution in [0.3, 0.4) is 0 Å². The molecule has 15 nitrogen and oxygen atoms in total. The van der Waals surface area contributed by atoms with Gasteiger partial charge in [0, 0.05) is 12.7 Å². The van der Waals surface area contributed by atoms with Crippen LogP contribution in [0.4, 0.5) is 0 Å². The molecule has 1 fully saturated rings. The minimum absolute atomic E-state index is 0. The monoisotopic (exact) mass is 569 g/mol. The predicted octanol–water partition coefficient (Wildman–Crippen LogP) is -3.54. The van der Waals surface area contributed by atoms with Crippen LogP contribution < -0.4 is 34.9 Å². The van der Waals surface area contributed by atoms with Crippen molar-refractivity contribution in [3.63, 3.8) is 0 Å². The Balaban J connectivity index is 0.00000400. The van der Waals surface area contributed by atoms with Crippen molar-refractivity contribution in [2.75, 3.05) is 6.54 Å². The second-order valence-corrected chi connectivity index (χ2v) is 9.92. The van der Waals surface area contributed by atoms with E-state index in [1.54, 1.807) is 6.07 Å². The summed E-state index contributed by atoms with van der Waals surface area (Å²) in [4.78, 5) is 56.6. The molecule has 3 heterocycles. The van der Waals surface area contributed by atoms with Crippen LogP contribution in [0.25, 0.3) is 5.69 Å². The molecule has 0 saturated carbocycles. The predicted molar refractivity (Wildman–Crippen MR) is 121 cm³/mol. The zero-order valence-electron chi connectivity index (χ0n) is 19.6. The fraction of sp³-hybridized carbons (Fsp3) is 0.200. The van der Waals surface area contributed by atoms with Crippen LogP contribution in [0.15, 0.2) is 58.8 Å². The molecule has 3 aromatic rings. The summed E-state index contributed by atoms with van der Waals surface area (Å²) < 4.78 is 34.6. The number of rotatable bonds is 9. The largest absolute Gasteiger partial charge is 1.00 e. The fourth-order valence-electron chi connectivity index (χ4n) is 3.07. The van der Waals surface area contributed by atoms with E-state index < -0.39 is 51.9 Å². The van der Waals surface area contributed by atoms with Crippen LogP contribution in [-0.4, -0.2) is 78.7 Å². The maximum atomic E-state index is 12.3. The Morgan fingerprint density at radius 3 is 2.53 bits per heavy atom. The topological polar surface area (TPSA) is 206 Å². The molecule has 0 bridgehead atoms. The number of para-hydroxylation sites is 1.